The zero-order valence-electron chi connectivity index (χ0n) is 23.4. The van der Waals surface area contributed by atoms with E-state index >= 15 is 0 Å². The maximum atomic E-state index is 13.7. The molecule has 1 saturated heterocycles. The van der Waals surface area contributed by atoms with Gasteiger partial charge in [0.1, 0.15) is 12.1 Å². The lowest BCUT2D eigenvalue weighted by molar-refractivity contribution is -0.149. The van der Waals surface area contributed by atoms with Gasteiger partial charge in [0.05, 0.1) is 25.4 Å². The predicted molar refractivity (Wildman–Crippen MR) is 145 cm³/mol. The molecule has 1 unspecified atom stereocenters. The third kappa shape index (κ3) is 9.66. The molecule has 0 radical (unpaired) electrons. The fourth-order valence-corrected chi connectivity index (χ4v) is 6.12. The Hall–Kier alpha value is -1.80. The second-order valence-electron chi connectivity index (χ2n) is 10.5. The van der Waals surface area contributed by atoms with Gasteiger partial charge in [0, 0.05) is 29.3 Å². The number of hydrogen-bond acceptors (Lipinski definition) is 11. The van der Waals surface area contributed by atoms with Crippen LogP contribution in [0.15, 0.2) is 21.9 Å². The lowest BCUT2D eigenvalue weighted by Crippen LogP contribution is -2.36. The second-order valence-corrected chi connectivity index (χ2v) is 13.3. The van der Waals surface area contributed by atoms with Gasteiger partial charge in [-0.3, -0.25) is 33.0 Å². The lowest BCUT2D eigenvalue weighted by Gasteiger charge is -2.25. The minimum Gasteiger partial charge on any atom is -0.462 e. The summed E-state index contributed by atoms with van der Waals surface area (Å²) in [6.07, 6.45) is -1.78. The van der Waals surface area contributed by atoms with Gasteiger partial charge in [-0.1, -0.05) is 39.5 Å². The Morgan fingerprint density at radius 1 is 1.26 bits per heavy atom. The third-order valence-corrected chi connectivity index (χ3v) is 8.74. The average molecular weight is 594 g/mol. The van der Waals surface area contributed by atoms with Crippen molar-refractivity contribution in [2.75, 3.05) is 19.0 Å². The maximum Gasteiger partial charge on any atom is 0.406 e. The van der Waals surface area contributed by atoms with E-state index in [4.69, 9.17) is 18.5 Å². The number of rotatable bonds is 13. The van der Waals surface area contributed by atoms with Crippen LogP contribution in [-0.2, 0) is 32.7 Å². The van der Waals surface area contributed by atoms with Crippen LogP contribution in [0.5, 0.6) is 0 Å². The van der Waals surface area contributed by atoms with E-state index in [1.165, 1.54) is 13.1 Å². The standard InChI is InChI=1S/C24H40N3O10PS/c1-8-16-17(37-20(19(16)29)27-10-9-18(28)25-23(27)32)13-35-38(33,26-15(4)21(30)36-14(2)3)34-11-12-39-22(31)24(5,6)7/h9-10,14-17,19-20,29H,8,11-13H2,1-7H3,(H,26,33)(H,25,28,32)/t15-,16+,17+,19+,20+,38?/m0/s1. The molecule has 222 valence electrons. The number of aromatic nitrogens is 2. The number of hydrogen-bond donors (Lipinski definition) is 3. The molecule has 1 aromatic rings. The molecule has 0 amide bonds. The van der Waals surface area contributed by atoms with Gasteiger partial charge in [-0.05, 0) is 27.2 Å². The van der Waals surface area contributed by atoms with Crippen LogP contribution >= 0.6 is 19.5 Å². The molecule has 3 N–H and O–H groups in total. The molecule has 1 fully saturated rings. The summed E-state index contributed by atoms with van der Waals surface area (Å²) < 4.78 is 37.0. The quantitative estimate of drug-likeness (QED) is 0.173. The molecule has 1 aliphatic rings. The monoisotopic (exact) mass is 593 g/mol. The molecule has 0 spiro atoms. The number of carbonyl (C=O) groups excluding carboxylic acids is 2. The number of ether oxygens (including phenoxy) is 2. The fourth-order valence-electron chi connectivity index (χ4n) is 3.73. The topological polar surface area (TPSA) is 175 Å². The van der Waals surface area contributed by atoms with E-state index in [0.29, 0.717) is 6.42 Å². The molecule has 2 rings (SSSR count). The Labute approximate surface area is 231 Å². The first-order valence-electron chi connectivity index (χ1n) is 12.8. The largest absolute Gasteiger partial charge is 0.462 e. The minimum absolute atomic E-state index is 0.0636. The van der Waals surface area contributed by atoms with Crippen LogP contribution in [0.2, 0.25) is 0 Å². The van der Waals surface area contributed by atoms with E-state index in [1.807, 2.05) is 6.92 Å². The number of H-pyrrole nitrogens is 1. The van der Waals surface area contributed by atoms with E-state index in [0.717, 1.165) is 22.4 Å². The van der Waals surface area contributed by atoms with E-state index in [-0.39, 0.29) is 24.1 Å². The van der Waals surface area contributed by atoms with Crippen LogP contribution in [0.1, 0.15) is 61.1 Å². The van der Waals surface area contributed by atoms with Crippen LogP contribution < -0.4 is 16.3 Å². The first-order valence-corrected chi connectivity index (χ1v) is 15.3. The van der Waals surface area contributed by atoms with Crippen LogP contribution in [0.25, 0.3) is 0 Å². The van der Waals surface area contributed by atoms with Gasteiger partial charge < -0.3 is 14.6 Å². The first-order chi connectivity index (χ1) is 18.1. The SMILES string of the molecule is CC[C@H]1[C@@H](O)[C@H](n2ccc(=O)[nH]c2=O)O[C@@H]1COP(=O)(N[C@@H](C)C(=O)OC(C)C)OCCSC(=O)C(C)(C)C. The fraction of sp³-hybridized carbons (Fsp3) is 0.750. The van der Waals surface area contributed by atoms with E-state index < -0.39 is 66.9 Å². The summed E-state index contributed by atoms with van der Waals surface area (Å²) in [4.78, 5) is 50.3. The Balaban J connectivity index is 2.15. The van der Waals surface area contributed by atoms with Gasteiger partial charge in [-0.25, -0.2) is 14.4 Å². The molecule has 1 aliphatic heterocycles. The van der Waals surface area contributed by atoms with Gasteiger partial charge in [0.15, 0.2) is 11.3 Å². The van der Waals surface area contributed by atoms with Crippen molar-refractivity contribution in [3.05, 3.63) is 33.1 Å². The van der Waals surface area contributed by atoms with Crippen molar-refractivity contribution < 1.29 is 37.8 Å². The molecule has 2 heterocycles. The van der Waals surface area contributed by atoms with E-state index in [2.05, 4.69) is 10.1 Å². The molecule has 39 heavy (non-hydrogen) atoms. The molecule has 0 aliphatic carbocycles. The summed E-state index contributed by atoms with van der Waals surface area (Å²) in [5.74, 6) is -0.972. The minimum atomic E-state index is -4.14. The van der Waals surface area contributed by atoms with Gasteiger partial charge in [0.2, 0.25) is 0 Å². The van der Waals surface area contributed by atoms with Crippen molar-refractivity contribution in [2.45, 2.75) is 85.5 Å². The van der Waals surface area contributed by atoms with Gasteiger partial charge >= 0.3 is 19.4 Å². The number of aliphatic hydroxyl groups is 1. The number of esters is 1. The molecule has 6 atom stereocenters. The van der Waals surface area contributed by atoms with Crippen molar-refractivity contribution in [1.82, 2.24) is 14.6 Å². The molecule has 1 aromatic heterocycles. The summed E-state index contributed by atoms with van der Waals surface area (Å²) in [7, 11) is -4.14. The highest BCUT2D eigenvalue weighted by Gasteiger charge is 2.45. The highest BCUT2D eigenvalue weighted by Crippen LogP contribution is 2.46. The lowest BCUT2D eigenvalue weighted by atomic mass is 9.95. The third-order valence-electron chi connectivity index (χ3n) is 5.78. The molecule has 15 heteroatoms. The summed E-state index contributed by atoms with van der Waals surface area (Å²) in [6.45, 7) is 11.5. The predicted octanol–water partition coefficient (Wildman–Crippen LogP) is 2.20. The summed E-state index contributed by atoms with van der Waals surface area (Å²) in [6, 6.07) is 0.0838. The molecule has 0 aromatic carbocycles. The van der Waals surface area contributed by atoms with E-state index in [1.54, 1.807) is 34.6 Å². The van der Waals surface area contributed by atoms with Crippen molar-refractivity contribution >= 4 is 30.6 Å². The first kappa shape index (κ1) is 33.4. The Morgan fingerprint density at radius 2 is 1.92 bits per heavy atom. The zero-order valence-corrected chi connectivity index (χ0v) is 25.1. The van der Waals surface area contributed by atoms with Crippen LogP contribution in [0.3, 0.4) is 0 Å². The highest BCUT2D eigenvalue weighted by molar-refractivity contribution is 8.13. The molecule has 13 nitrogen and oxygen atoms in total. The molecule has 0 bridgehead atoms. The van der Waals surface area contributed by atoms with Gasteiger partial charge in [0.25, 0.3) is 5.56 Å². The number of aliphatic hydroxyl groups excluding tert-OH is 1. The Bertz CT molecular complexity index is 1150. The zero-order chi connectivity index (χ0) is 29.5. The molecular weight excluding hydrogens is 553 g/mol. The van der Waals surface area contributed by atoms with Crippen LogP contribution in [-0.4, -0.2) is 69.1 Å². The molecule has 0 saturated carbocycles. The number of thioether (sulfide) groups is 1. The van der Waals surface area contributed by atoms with Crippen LogP contribution in [0.4, 0.5) is 0 Å². The van der Waals surface area contributed by atoms with Crippen molar-refractivity contribution in [2.24, 2.45) is 11.3 Å². The molecular formula is C24H40N3O10PS. The van der Waals surface area contributed by atoms with Crippen molar-refractivity contribution in [3.63, 3.8) is 0 Å². The second kappa shape index (κ2) is 14.2. The number of carbonyl (C=O) groups is 2. The van der Waals surface area contributed by atoms with Crippen LogP contribution in [0, 0.1) is 11.3 Å². The summed E-state index contributed by atoms with van der Waals surface area (Å²) >= 11 is 1.03. The number of aromatic amines is 1. The van der Waals surface area contributed by atoms with E-state index in [9.17, 15) is 28.8 Å². The smallest absolute Gasteiger partial charge is 0.406 e. The van der Waals surface area contributed by atoms with Gasteiger partial charge in [-0.2, -0.15) is 0 Å². The Morgan fingerprint density at radius 3 is 2.49 bits per heavy atom. The number of nitrogens with one attached hydrogen (secondary N) is 2. The Kier molecular flexibility index (Phi) is 12.2. The maximum absolute atomic E-state index is 13.7. The summed E-state index contributed by atoms with van der Waals surface area (Å²) in [5, 5.41) is 13.4. The van der Waals surface area contributed by atoms with Crippen molar-refractivity contribution in [3.8, 4) is 0 Å². The van der Waals surface area contributed by atoms with Gasteiger partial charge in [-0.15, -0.1) is 0 Å². The average Bonchev–Trinajstić information content (AvgIpc) is 3.14. The normalized spacial score (nSPS) is 23.9. The number of nitrogens with zero attached hydrogens (tertiary/aromatic N) is 1. The van der Waals surface area contributed by atoms with Crippen molar-refractivity contribution in [1.29, 1.82) is 0 Å². The summed E-state index contributed by atoms with van der Waals surface area (Å²) in [5.41, 5.74) is -1.90. The highest BCUT2D eigenvalue weighted by atomic mass is 32.2.